The van der Waals surface area contributed by atoms with E-state index in [-0.39, 0.29) is 0 Å². The third-order valence-electron chi connectivity index (χ3n) is 1.88. The third-order valence-corrected chi connectivity index (χ3v) is 1.88. The Labute approximate surface area is 81.8 Å². The van der Waals surface area contributed by atoms with E-state index >= 15 is 0 Å². The van der Waals surface area contributed by atoms with E-state index < -0.39 is 0 Å². The fourth-order valence-corrected chi connectivity index (χ4v) is 1.25. The highest BCUT2D eigenvalue weighted by molar-refractivity contribution is 5.41. The first-order valence-electron chi connectivity index (χ1n) is 4.26. The van der Waals surface area contributed by atoms with Crippen LogP contribution in [0.4, 0.5) is 11.5 Å². The Morgan fingerprint density at radius 1 is 1.07 bits per heavy atom. The first kappa shape index (κ1) is 8.50. The summed E-state index contributed by atoms with van der Waals surface area (Å²) in [5.41, 5.74) is 12.8. The van der Waals surface area contributed by atoms with Crippen LogP contribution >= 0.6 is 0 Å². The molecule has 4 heteroatoms. The number of nitrogens with zero attached hydrogens (tertiary/aromatic N) is 2. The quantitative estimate of drug-likeness (QED) is 0.639. The first-order valence-corrected chi connectivity index (χ1v) is 4.26. The van der Waals surface area contributed by atoms with E-state index in [9.17, 15) is 0 Å². The lowest BCUT2D eigenvalue weighted by atomic mass is 10.3. The van der Waals surface area contributed by atoms with Gasteiger partial charge in [0, 0.05) is 0 Å². The summed E-state index contributed by atoms with van der Waals surface area (Å²) in [5.74, 6) is 0.524. The van der Waals surface area contributed by atoms with E-state index in [2.05, 4.69) is 5.10 Å². The Morgan fingerprint density at radius 3 is 2.43 bits per heavy atom. The summed E-state index contributed by atoms with van der Waals surface area (Å²) in [4.78, 5) is 0. The molecule has 4 N–H and O–H groups in total. The standard InChI is InChI=1S/C10H10N4/c11-8-6-10(12)14(13-7-8)9-4-2-1-3-5-9/h1-7H,(H3,11,12)/p+1. The topological polar surface area (TPSA) is 68.8 Å². The molecule has 2 aromatic rings. The van der Waals surface area contributed by atoms with Gasteiger partial charge in [-0.3, -0.25) is 5.73 Å². The Balaban J connectivity index is 2.53. The van der Waals surface area contributed by atoms with Crippen molar-refractivity contribution in [3.8, 4) is 5.69 Å². The normalized spacial score (nSPS) is 10.0. The van der Waals surface area contributed by atoms with Crippen molar-refractivity contribution in [3.63, 3.8) is 0 Å². The molecule has 0 saturated heterocycles. The van der Waals surface area contributed by atoms with Crippen molar-refractivity contribution in [2.75, 3.05) is 11.5 Å². The van der Waals surface area contributed by atoms with Gasteiger partial charge >= 0.3 is 5.82 Å². The zero-order valence-electron chi connectivity index (χ0n) is 7.59. The van der Waals surface area contributed by atoms with Crippen molar-refractivity contribution in [1.29, 1.82) is 0 Å². The van der Waals surface area contributed by atoms with Gasteiger partial charge < -0.3 is 5.73 Å². The van der Waals surface area contributed by atoms with E-state index in [1.807, 2.05) is 30.3 Å². The SMILES string of the molecule is Nc1cn[n+](-c2ccccc2)c(N)c1. The highest BCUT2D eigenvalue weighted by atomic mass is 15.3. The average molecular weight is 187 g/mol. The van der Waals surface area contributed by atoms with Crippen LogP contribution in [0.3, 0.4) is 0 Å². The molecule has 70 valence electrons. The van der Waals surface area contributed by atoms with E-state index in [0.717, 1.165) is 5.69 Å². The smallest absolute Gasteiger partial charge is 0.300 e. The van der Waals surface area contributed by atoms with Gasteiger partial charge in [-0.15, -0.1) is 0 Å². The summed E-state index contributed by atoms with van der Waals surface area (Å²) >= 11 is 0. The molecule has 0 radical (unpaired) electrons. The van der Waals surface area contributed by atoms with Crippen LogP contribution < -0.4 is 16.1 Å². The minimum absolute atomic E-state index is 0.524. The van der Waals surface area contributed by atoms with E-state index in [4.69, 9.17) is 11.5 Å². The van der Waals surface area contributed by atoms with Crippen LogP contribution in [0.2, 0.25) is 0 Å². The maximum Gasteiger partial charge on any atom is 0.300 e. The van der Waals surface area contributed by atoms with Crippen molar-refractivity contribution >= 4 is 11.5 Å². The second-order valence-electron chi connectivity index (χ2n) is 2.96. The van der Waals surface area contributed by atoms with E-state index in [0.29, 0.717) is 11.5 Å². The first-order chi connectivity index (χ1) is 6.77. The molecule has 0 atom stereocenters. The largest absolute Gasteiger partial charge is 0.397 e. The molecular formula is C10H11N4+. The molecule has 0 amide bonds. The van der Waals surface area contributed by atoms with Gasteiger partial charge in [0.1, 0.15) is 0 Å². The van der Waals surface area contributed by atoms with Gasteiger partial charge in [-0.1, -0.05) is 28.0 Å². The molecular weight excluding hydrogens is 176 g/mol. The second-order valence-corrected chi connectivity index (χ2v) is 2.96. The zero-order valence-corrected chi connectivity index (χ0v) is 7.59. The van der Waals surface area contributed by atoms with Gasteiger partial charge in [0.25, 0.3) is 0 Å². The summed E-state index contributed by atoms with van der Waals surface area (Å²) in [7, 11) is 0. The summed E-state index contributed by atoms with van der Waals surface area (Å²) in [5, 5.41) is 4.11. The molecule has 0 aliphatic carbocycles. The Kier molecular flexibility index (Phi) is 2.02. The zero-order chi connectivity index (χ0) is 9.97. The van der Waals surface area contributed by atoms with Crippen LogP contribution in [0.15, 0.2) is 42.6 Å². The lowest BCUT2D eigenvalue weighted by Crippen LogP contribution is -2.38. The predicted molar refractivity (Wildman–Crippen MR) is 54.6 cm³/mol. The average Bonchev–Trinajstić information content (AvgIpc) is 2.19. The molecule has 0 bridgehead atoms. The molecule has 0 unspecified atom stereocenters. The van der Waals surface area contributed by atoms with Crippen LogP contribution in [-0.2, 0) is 0 Å². The van der Waals surface area contributed by atoms with Gasteiger partial charge in [0.05, 0.1) is 18.0 Å². The van der Waals surface area contributed by atoms with E-state index in [1.165, 1.54) is 0 Å². The van der Waals surface area contributed by atoms with Crippen LogP contribution in [0.1, 0.15) is 0 Å². The second kappa shape index (κ2) is 3.33. The van der Waals surface area contributed by atoms with Crippen molar-refractivity contribution in [3.05, 3.63) is 42.6 Å². The van der Waals surface area contributed by atoms with Crippen LogP contribution in [-0.4, -0.2) is 5.10 Å². The van der Waals surface area contributed by atoms with Gasteiger partial charge in [-0.2, -0.15) is 0 Å². The van der Waals surface area contributed by atoms with Crippen LogP contribution in [0.25, 0.3) is 5.69 Å². The van der Waals surface area contributed by atoms with Crippen molar-refractivity contribution in [2.45, 2.75) is 0 Å². The third kappa shape index (κ3) is 1.50. The fraction of sp³-hybridized carbons (Fsp3) is 0. The number of hydrogen-bond acceptors (Lipinski definition) is 3. The summed E-state index contributed by atoms with van der Waals surface area (Å²) in [6, 6.07) is 11.3. The molecule has 1 aromatic heterocycles. The fourth-order valence-electron chi connectivity index (χ4n) is 1.25. The summed E-state index contributed by atoms with van der Waals surface area (Å²) in [6.07, 6.45) is 1.57. The number of anilines is 2. The monoisotopic (exact) mass is 187 g/mol. The minimum Gasteiger partial charge on any atom is -0.397 e. The molecule has 0 saturated carbocycles. The van der Waals surface area contributed by atoms with Crippen molar-refractivity contribution < 1.29 is 4.68 Å². The summed E-state index contributed by atoms with van der Waals surface area (Å²) in [6.45, 7) is 0. The van der Waals surface area contributed by atoms with Gasteiger partial charge in [-0.05, 0) is 12.1 Å². The number of rotatable bonds is 1. The Morgan fingerprint density at radius 2 is 1.79 bits per heavy atom. The molecule has 1 aromatic carbocycles. The Bertz CT molecular complexity index is 439. The van der Waals surface area contributed by atoms with Crippen LogP contribution in [0.5, 0.6) is 0 Å². The number of nitrogen functional groups attached to an aromatic ring is 2. The maximum absolute atomic E-state index is 5.77. The number of para-hydroxylation sites is 1. The highest BCUT2D eigenvalue weighted by Gasteiger charge is 2.08. The van der Waals surface area contributed by atoms with Gasteiger partial charge in [0.15, 0.2) is 5.69 Å². The maximum atomic E-state index is 5.77. The predicted octanol–water partition coefficient (Wildman–Crippen LogP) is 0.523. The molecule has 1 heterocycles. The number of hydrogen-bond donors (Lipinski definition) is 2. The molecule has 0 aliphatic rings. The van der Waals surface area contributed by atoms with Crippen molar-refractivity contribution in [1.82, 2.24) is 5.10 Å². The van der Waals surface area contributed by atoms with E-state index in [1.54, 1.807) is 16.9 Å². The van der Waals surface area contributed by atoms with Crippen molar-refractivity contribution in [2.24, 2.45) is 0 Å². The number of aromatic nitrogens is 2. The molecule has 0 spiro atoms. The highest BCUT2D eigenvalue weighted by Crippen LogP contribution is 2.04. The number of benzene rings is 1. The lowest BCUT2D eigenvalue weighted by molar-refractivity contribution is -0.645. The van der Waals surface area contributed by atoms with Gasteiger partial charge in [0.2, 0.25) is 0 Å². The lowest BCUT2D eigenvalue weighted by Gasteiger charge is -2.00. The molecule has 14 heavy (non-hydrogen) atoms. The summed E-state index contributed by atoms with van der Waals surface area (Å²) < 4.78 is 1.64. The number of nitrogens with two attached hydrogens (primary N) is 2. The Hall–Kier alpha value is -2.10. The molecule has 0 aliphatic heterocycles. The van der Waals surface area contributed by atoms with Gasteiger partial charge in [-0.25, -0.2) is 0 Å². The minimum atomic E-state index is 0.524. The molecule has 0 fully saturated rings. The molecule has 4 nitrogen and oxygen atoms in total. The molecule has 2 rings (SSSR count). The van der Waals surface area contributed by atoms with Crippen LogP contribution in [0, 0.1) is 0 Å².